The topological polar surface area (TPSA) is 101 Å². The number of primary amides is 1. The number of carbonyl (C=O) groups is 3. The van der Waals surface area contributed by atoms with Crippen LogP contribution < -0.4 is 16.4 Å². The van der Waals surface area contributed by atoms with Crippen molar-refractivity contribution in [1.82, 2.24) is 0 Å². The lowest BCUT2D eigenvalue weighted by Gasteiger charge is -2.18. The third kappa shape index (κ3) is 3.77. The largest absolute Gasteiger partial charge is 0.365 e. The molecule has 7 heteroatoms. The van der Waals surface area contributed by atoms with Crippen molar-refractivity contribution >= 4 is 39.7 Å². The number of benzene rings is 1. The summed E-state index contributed by atoms with van der Waals surface area (Å²) < 4.78 is 0. The number of thiophene rings is 1. The fraction of sp³-hybridized carbons (Fsp3) is 0.316. The van der Waals surface area contributed by atoms with E-state index in [2.05, 4.69) is 17.6 Å². The van der Waals surface area contributed by atoms with Gasteiger partial charge < -0.3 is 16.4 Å². The van der Waals surface area contributed by atoms with Gasteiger partial charge in [-0.2, -0.15) is 0 Å². The molecule has 0 aliphatic heterocycles. The zero-order valence-corrected chi connectivity index (χ0v) is 15.5. The van der Waals surface area contributed by atoms with Gasteiger partial charge in [0.1, 0.15) is 5.00 Å². The van der Waals surface area contributed by atoms with Gasteiger partial charge in [-0.15, -0.1) is 11.3 Å². The van der Waals surface area contributed by atoms with E-state index in [0.717, 1.165) is 29.7 Å². The molecule has 1 aliphatic carbocycles. The molecule has 2 aromatic rings. The SMILES string of the molecule is CC(=O)Nc1ccc(C(=O)Nc2sc3c(c2C(N)=O)CC[C@H](C)C3)cc1. The Kier molecular flexibility index (Phi) is 5.08. The van der Waals surface area contributed by atoms with Crippen molar-refractivity contribution in [2.75, 3.05) is 10.6 Å². The monoisotopic (exact) mass is 371 g/mol. The predicted octanol–water partition coefficient (Wildman–Crippen LogP) is 3.18. The molecule has 136 valence electrons. The molecule has 3 amide bonds. The van der Waals surface area contributed by atoms with E-state index in [4.69, 9.17) is 5.73 Å². The van der Waals surface area contributed by atoms with Gasteiger partial charge in [-0.1, -0.05) is 6.92 Å². The average molecular weight is 371 g/mol. The summed E-state index contributed by atoms with van der Waals surface area (Å²) in [5.74, 6) is -0.430. The lowest BCUT2D eigenvalue weighted by Crippen LogP contribution is -2.19. The standard InChI is InChI=1S/C19H21N3O3S/c1-10-3-8-14-15(9-10)26-19(16(14)17(20)24)22-18(25)12-4-6-13(7-5-12)21-11(2)23/h4-7,10H,3,8-9H2,1-2H3,(H2,20,24)(H,21,23)(H,22,25)/t10-/m0/s1. The van der Waals surface area contributed by atoms with Crippen LogP contribution in [0.1, 0.15) is 51.4 Å². The van der Waals surface area contributed by atoms with E-state index >= 15 is 0 Å². The summed E-state index contributed by atoms with van der Waals surface area (Å²) in [6.45, 7) is 3.60. The van der Waals surface area contributed by atoms with Crippen molar-refractivity contribution in [3.8, 4) is 0 Å². The highest BCUT2D eigenvalue weighted by Gasteiger charge is 2.27. The first kappa shape index (κ1) is 18.1. The molecule has 0 saturated carbocycles. The van der Waals surface area contributed by atoms with Gasteiger partial charge in [0.15, 0.2) is 0 Å². The molecule has 3 rings (SSSR count). The summed E-state index contributed by atoms with van der Waals surface area (Å²) in [5.41, 5.74) is 8.06. The summed E-state index contributed by atoms with van der Waals surface area (Å²) in [7, 11) is 0. The Balaban J connectivity index is 1.83. The molecular formula is C19H21N3O3S. The van der Waals surface area contributed by atoms with Crippen LogP contribution in [0.25, 0.3) is 0 Å². The number of fused-ring (bicyclic) bond motifs is 1. The first-order valence-electron chi connectivity index (χ1n) is 8.48. The van der Waals surface area contributed by atoms with E-state index in [1.807, 2.05) is 0 Å². The zero-order chi connectivity index (χ0) is 18.8. The summed E-state index contributed by atoms with van der Waals surface area (Å²) in [6.07, 6.45) is 2.73. The first-order valence-corrected chi connectivity index (χ1v) is 9.30. The highest BCUT2D eigenvalue weighted by Crippen LogP contribution is 2.39. The smallest absolute Gasteiger partial charge is 0.256 e. The van der Waals surface area contributed by atoms with E-state index < -0.39 is 5.91 Å². The fourth-order valence-corrected chi connectivity index (χ4v) is 4.59. The second kappa shape index (κ2) is 7.29. The second-order valence-electron chi connectivity index (χ2n) is 6.63. The molecule has 6 nitrogen and oxygen atoms in total. The maximum absolute atomic E-state index is 12.6. The molecule has 0 unspecified atom stereocenters. The number of hydrogen-bond donors (Lipinski definition) is 3. The molecule has 0 spiro atoms. The Labute approximate surface area is 155 Å². The van der Waals surface area contributed by atoms with Gasteiger partial charge in [0.05, 0.1) is 5.56 Å². The molecule has 26 heavy (non-hydrogen) atoms. The number of nitrogens with one attached hydrogen (secondary N) is 2. The van der Waals surface area contributed by atoms with Crippen molar-refractivity contribution in [3.63, 3.8) is 0 Å². The van der Waals surface area contributed by atoms with Gasteiger partial charge in [0.2, 0.25) is 5.91 Å². The number of hydrogen-bond acceptors (Lipinski definition) is 4. The number of rotatable bonds is 4. The van der Waals surface area contributed by atoms with Crippen LogP contribution >= 0.6 is 11.3 Å². The van der Waals surface area contributed by atoms with Gasteiger partial charge in [-0.3, -0.25) is 14.4 Å². The zero-order valence-electron chi connectivity index (χ0n) is 14.7. The highest BCUT2D eigenvalue weighted by molar-refractivity contribution is 7.17. The van der Waals surface area contributed by atoms with E-state index in [1.54, 1.807) is 24.3 Å². The number of amides is 3. The maximum atomic E-state index is 12.6. The van der Waals surface area contributed by atoms with E-state index in [-0.39, 0.29) is 11.8 Å². The summed E-state index contributed by atoms with van der Waals surface area (Å²) in [5, 5.41) is 6.00. The van der Waals surface area contributed by atoms with Crippen LogP contribution in [0.15, 0.2) is 24.3 Å². The minimum absolute atomic E-state index is 0.174. The highest BCUT2D eigenvalue weighted by atomic mass is 32.1. The maximum Gasteiger partial charge on any atom is 0.256 e. The summed E-state index contributed by atoms with van der Waals surface area (Å²) in [6, 6.07) is 6.57. The Hall–Kier alpha value is -2.67. The lowest BCUT2D eigenvalue weighted by atomic mass is 9.88. The normalized spacial score (nSPS) is 15.8. The second-order valence-corrected chi connectivity index (χ2v) is 7.74. The molecule has 1 aromatic carbocycles. The predicted molar refractivity (Wildman–Crippen MR) is 103 cm³/mol. The average Bonchev–Trinajstić information content (AvgIpc) is 2.91. The molecule has 1 aliphatic rings. The number of anilines is 2. The fourth-order valence-electron chi connectivity index (χ4n) is 3.18. The van der Waals surface area contributed by atoms with Crippen molar-refractivity contribution < 1.29 is 14.4 Å². The van der Waals surface area contributed by atoms with E-state index in [1.165, 1.54) is 18.3 Å². The van der Waals surface area contributed by atoms with Gasteiger partial charge in [0.25, 0.3) is 11.8 Å². The quantitative estimate of drug-likeness (QED) is 0.769. The van der Waals surface area contributed by atoms with Crippen LogP contribution in [0.3, 0.4) is 0 Å². The summed E-state index contributed by atoms with van der Waals surface area (Å²) >= 11 is 1.44. The molecule has 1 atom stereocenters. The molecular weight excluding hydrogens is 350 g/mol. The van der Waals surface area contributed by atoms with Gasteiger partial charge in [-0.25, -0.2) is 0 Å². The number of nitrogens with two attached hydrogens (primary N) is 1. The third-order valence-electron chi connectivity index (χ3n) is 4.45. The minimum atomic E-state index is -0.506. The van der Waals surface area contributed by atoms with Gasteiger partial charge in [0, 0.05) is 23.1 Å². The Morgan fingerprint density at radius 3 is 2.46 bits per heavy atom. The molecule has 0 radical (unpaired) electrons. The minimum Gasteiger partial charge on any atom is -0.365 e. The van der Waals surface area contributed by atoms with Crippen molar-refractivity contribution in [2.45, 2.75) is 33.1 Å². The van der Waals surface area contributed by atoms with Crippen LogP contribution in [0.4, 0.5) is 10.7 Å². The first-order chi connectivity index (χ1) is 12.3. The van der Waals surface area contributed by atoms with Crippen LogP contribution in [0, 0.1) is 5.92 Å². The van der Waals surface area contributed by atoms with Crippen LogP contribution in [-0.2, 0) is 17.6 Å². The van der Waals surface area contributed by atoms with Crippen molar-refractivity contribution in [1.29, 1.82) is 0 Å². The van der Waals surface area contributed by atoms with Crippen molar-refractivity contribution in [3.05, 3.63) is 45.8 Å². The molecule has 1 heterocycles. The summed E-state index contributed by atoms with van der Waals surface area (Å²) in [4.78, 5) is 36.7. The number of carbonyl (C=O) groups excluding carboxylic acids is 3. The Morgan fingerprint density at radius 2 is 1.85 bits per heavy atom. The Bertz CT molecular complexity index is 871. The van der Waals surface area contributed by atoms with Crippen LogP contribution in [0.5, 0.6) is 0 Å². The molecule has 0 fully saturated rings. The van der Waals surface area contributed by atoms with Gasteiger partial charge in [-0.05, 0) is 55.0 Å². The Morgan fingerprint density at radius 1 is 1.15 bits per heavy atom. The molecule has 4 N–H and O–H groups in total. The third-order valence-corrected chi connectivity index (χ3v) is 5.62. The lowest BCUT2D eigenvalue weighted by molar-refractivity contribution is -0.114. The molecule has 0 saturated heterocycles. The van der Waals surface area contributed by atoms with Gasteiger partial charge >= 0.3 is 0 Å². The van der Waals surface area contributed by atoms with Crippen LogP contribution in [0.2, 0.25) is 0 Å². The molecule has 1 aromatic heterocycles. The molecule has 0 bridgehead atoms. The van der Waals surface area contributed by atoms with Crippen molar-refractivity contribution in [2.24, 2.45) is 11.7 Å². The van der Waals surface area contributed by atoms with Crippen LogP contribution in [-0.4, -0.2) is 17.7 Å². The van der Waals surface area contributed by atoms with E-state index in [0.29, 0.717) is 27.7 Å². The van der Waals surface area contributed by atoms with E-state index in [9.17, 15) is 14.4 Å².